The highest BCUT2D eigenvalue weighted by atomic mass is 79.9. The van der Waals surface area contributed by atoms with Gasteiger partial charge in [0.2, 0.25) is 0 Å². The molecule has 3 amide bonds. The number of nitrogens with two attached hydrogens (primary N) is 1. The van der Waals surface area contributed by atoms with E-state index in [0.717, 1.165) is 61.2 Å². The molecule has 5 aromatic heterocycles. The molecule has 20 heteroatoms. The number of aromatic hydroxyl groups is 1. The molecular weight excluding hydrogens is 1590 g/mol. The first kappa shape index (κ1) is 85.3. The largest absolute Gasteiger partial charge is 0.506 e. The summed E-state index contributed by atoms with van der Waals surface area (Å²) in [6.45, 7) is 11.8. The number of hydrogen-bond donors (Lipinski definition) is 7. The molecule has 0 atom stereocenters. The quantitative estimate of drug-likeness (QED) is 0.0677. The molecule has 4 fully saturated rings. The van der Waals surface area contributed by atoms with Crippen LogP contribution in [-0.2, 0) is 0 Å². The number of para-hydroxylation sites is 3. The number of aromatic amines is 2. The maximum atomic E-state index is 12.7. The van der Waals surface area contributed by atoms with Gasteiger partial charge in [0.25, 0.3) is 17.7 Å². The number of amides is 3. The van der Waals surface area contributed by atoms with Crippen LogP contribution in [0.1, 0.15) is 257 Å². The van der Waals surface area contributed by atoms with E-state index >= 15 is 0 Å². The van der Waals surface area contributed by atoms with Crippen molar-refractivity contribution in [1.29, 1.82) is 0 Å². The van der Waals surface area contributed by atoms with Gasteiger partial charge in [0.05, 0.1) is 57.1 Å². The Kier molecular flexibility index (Phi) is 29.6. The predicted molar refractivity (Wildman–Crippen MR) is 479 cm³/mol. The number of carbonyl (C=O) groups excluding carboxylic acids is 3. The lowest BCUT2D eigenvalue weighted by atomic mass is 9.84. The molecule has 0 unspecified atom stereocenters. The number of phenols is 1. The first-order chi connectivity index (χ1) is 56.5. The van der Waals surface area contributed by atoms with Gasteiger partial charge in [-0.25, -0.2) is 14.2 Å². The Morgan fingerprint density at radius 2 is 0.735 bits per heavy atom. The van der Waals surface area contributed by atoms with Crippen LogP contribution >= 0.6 is 31.9 Å². The molecule has 117 heavy (non-hydrogen) atoms. The van der Waals surface area contributed by atoms with Gasteiger partial charge in [0.15, 0.2) is 0 Å². The number of pyridine rings is 1. The summed E-state index contributed by atoms with van der Waals surface area (Å²) < 4.78 is 6.07. The number of aromatic carboxylic acids is 1. The molecule has 4 aliphatic rings. The maximum absolute atomic E-state index is 12.7. The summed E-state index contributed by atoms with van der Waals surface area (Å²) in [5, 5.41) is 51.1. The SMILES string of the molecule is Brc1ccc(C2CCCCC2)cc1.Brc1ccc(C2CCCCC2)cc1.CC(C)(C)NC(=O)c1cccc2cn(-c3ccc(C4CCCCC4)cc3)nc12.CC(C)(C)NC(=O)c1cccc2cn[nH]c12.NC(=O)c1cccc2cn(-c3ccc(C4CCCCC4)cc3)nc12.O=C(O)c1cccc2cn[nH]c12.Oc1cccc2cccnc12. The third-order valence-corrected chi connectivity index (χ3v) is 23.0. The highest BCUT2D eigenvalue weighted by Gasteiger charge is 2.24. The van der Waals surface area contributed by atoms with Gasteiger partial charge in [0, 0.05) is 65.5 Å². The molecular formula is C97H108Br2N12O6. The number of nitrogens with one attached hydrogen (secondary N) is 4. The van der Waals surface area contributed by atoms with Gasteiger partial charge in [-0.15, -0.1) is 0 Å². The van der Waals surface area contributed by atoms with Crippen LogP contribution in [0.5, 0.6) is 5.75 Å². The number of H-pyrrole nitrogens is 2. The van der Waals surface area contributed by atoms with E-state index in [-0.39, 0.29) is 34.2 Å². The number of benzene rings is 9. The lowest BCUT2D eigenvalue weighted by Crippen LogP contribution is -2.40. The van der Waals surface area contributed by atoms with Crippen molar-refractivity contribution in [1.82, 2.24) is 55.6 Å². The van der Waals surface area contributed by atoms with Crippen LogP contribution in [0.15, 0.2) is 240 Å². The summed E-state index contributed by atoms with van der Waals surface area (Å²) in [6.07, 6.45) is 36.3. The lowest BCUT2D eigenvalue weighted by Gasteiger charge is -2.22. The highest BCUT2D eigenvalue weighted by molar-refractivity contribution is 9.10. The number of halogens is 2. The number of carboxylic acids is 1. The lowest BCUT2D eigenvalue weighted by molar-refractivity contribution is 0.0697. The van der Waals surface area contributed by atoms with E-state index in [9.17, 15) is 24.3 Å². The van der Waals surface area contributed by atoms with Gasteiger partial charge in [-0.05, 0) is 224 Å². The minimum Gasteiger partial charge on any atom is -0.506 e. The fourth-order valence-electron chi connectivity index (χ4n) is 16.0. The fraction of sp³-hybridized carbons (Fsp3) is 0.330. The molecule has 14 aromatic rings. The van der Waals surface area contributed by atoms with Crippen LogP contribution < -0.4 is 16.4 Å². The minimum absolute atomic E-state index is 0.0812. The fourth-order valence-corrected chi connectivity index (χ4v) is 16.5. The molecule has 4 aliphatic carbocycles. The van der Waals surface area contributed by atoms with Crippen molar-refractivity contribution in [3.63, 3.8) is 0 Å². The Morgan fingerprint density at radius 1 is 0.402 bits per heavy atom. The highest BCUT2D eigenvalue weighted by Crippen LogP contribution is 2.38. The summed E-state index contributed by atoms with van der Waals surface area (Å²) in [4.78, 5) is 50.9. The number of carbonyl (C=O) groups is 4. The van der Waals surface area contributed by atoms with Crippen molar-refractivity contribution in [3.8, 4) is 17.1 Å². The molecule has 606 valence electrons. The van der Waals surface area contributed by atoms with Gasteiger partial charge in [-0.2, -0.15) is 20.4 Å². The molecule has 0 aliphatic heterocycles. The molecule has 0 saturated heterocycles. The average molecular weight is 1700 g/mol. The number of hydrogen-bond acceptors (Lipinski definition) is 10. The zero-order valence-corrected chi connectivity index (χ0v) is 71.1. The van der Waals surface area contributed by atoms with Crippen LogP contribution in [0, 0.1) is 0 Å². The number of carboxylic acid groups (broad SMARTS) is 1. The summed E-state index contributed by atoms with van der Waals surface area (Å²) in [6, 6.07) is 66.1. The van der Waals surface area contributed by atoms with Gasteiger partial charge >= 0.3 is 5.97 Å². The second-order valence-corrected chi connectivity index (χ2v) is 34.8. The standard InChI is InChI=1S/C24H29N3O.C20H21N3O.2C12H15Br.C12H15N3O.C9H7NO.C8H6N2O2/c1-24(2,3)25-23(28)21-11-7-10-19-16-27(26-22(19)21)20-14-12-18(13-15-20)17-8-5-4-6-9-17;21-20(24)18-8-4-7-16-13-23(22-19(16)18)17-11-9-15(10-12-17)14-5-2-1-3-6-14;2*13-12-8-6-11(7-9-12)10-4-2-1-3-5-10;1-12(2,3)14-11(16)9-6-4-5-8-7-13-15-10(8)9;11-8-5-1-3-7-4-2-6-10-9(7)8;11-8(12)6-3-1-2-5-4-9-10-7(5)6/h7,10-17H,4-6,8-9H2,1-3H3,(H,25,28);4,7-14H,1-3,5-6H2,(H2,21,24);2*6-10H,1-5H2;4-7H,1-3H3,(H,13,15)(H,14,16);1-6,11H;1-4H,(H,9,10)(H,11,12). The number of phenolic OH excluding ortho intramolecular Hbond substituents is 1. The van der Waals surface area contributed by atoms with Crippen molar-refractivity contribution in [2.24, 2.45) is 5.73 Å². The Bertz CT molecular complexity index is 5520. The molecule has 9 aromatic carbocycles. The summed E-state index contributed by atoms with van der Waals surface area (Å²) in [5.74, 6) is 1.76. The molecule has 18 rings (SSSR count). The molecule has 0 bridgehead atoms. The zero-order valence-electron chi connectivity index (χ0n) is 67.9. The second-order valence-electron chi connectivity index (χ2n) is 33.0. The molecule has 18 nitrogen and oxygen atoms in total. The topological polar surface area (TPSA) is 265 Å². The van der Waals surface area contributed by atoms with Crippen LogP contribution in [0.2, 0.25) is 0 Å². The number of primary amides is 1. The van der Waals surface area contributed by atoms with E-state index in [2.05, 4.69) is 170 Å². The molecule has 4 saturated carbocycles. The Hall–Kier alpha value is -11.1. The number of nitrogens with zero attached hydrogens (tertiary/aromatic N) is 7. The maximum Gasteiger partial charge on any atom is 0.337 e. The number of fused-ring (bicyclic) bond motifs is 5. The van der Waals surface area contributed by atoms with Crippen molar-refractivity contribution < 1.29 is 29.4 Å². The normalized spacial score (nSPS) is 14.8. The molecule has 8 N–H and O–H groups in total. The third kappa shape index (κ3) is 23.8. The summed E-state index contributed by atoms with van der Waals surface area (Å²) in [5.41, 5.74) is 18.2. The summed E-state index contributed by atoms with van der Waals surface area (Å²) >= 11 is 6.94. The average Bonchev–Trinajstić information content (AvgIpc) is 1.66. The molecule has 0 radical (unpaired) electrons. The van der Waals surface area contributed by atoms with Gasteiger partial charge < -0.3 is 26.6 Å². The first-order valence-electron chi connectivity index (χ1n) is 41.2. The van der Waals surface area contributed by atoms with Crippen molar-refractivity contribution in [3.05, 3.63) is 285 Å². The van der Waals surface area contributed by atoms with Crippen molar-refractivity contribution in [2.45, 2.75) is 205 Å². The van der Waals surface area contributed by atoms with Crippen LogP contribution in [0.25, 0.3) is 65.9 Å². The van der Waals surface area contributed by atoms with Gasteiger partial charge in [-0.3, -0.25) is 29.6 Å². The minimum atomic E-state index is -0.940. The van der Waals surface area contributed by atoms with E-state index < -0.39 is 11.9 Å². The van der Waals surface area contributed by atoms with E-state index in [1.165, 1.54) is 160 Å². The summed E-state index contributed by atoms with van der Waals surface area (Å²) in [7, 11) is 0. The zero-order chi connectivity index (χ0) is 82.4. The third-order valence-electron chi connectivity index (χ3n) is 22.0. The Labute approximate surface area is 702 Å². The number of aromatic nitrogens is 9. The molecule has 0 spiro atoms. The second kappa shape index (κ2) is 40.7. The van der Waals surface area contributed by atoms with E-state index in [1.54, 1.807) is 55.0 Å². The smallest absolute Gasteiger partial charge is 0.337 e. The van der Waals surface area contributed by atoms with Crippen LogP contribution in [0.3, 0.4) is 0 Å². The van der Waals surface area contributed by atoms with Crippen molar-refractivity contribution in [2.75, 3.05) is 0 Å². The molecule has 5 heterocycles. The first-order valence-corrected chi connectivity index (χ1v) is 42.8. The number of rotatable bonds is 10. The van der Waals surface area contributed by atoms with E-state index in [0.29, 0.717) is 45.1 Å². The predicted octanol–water partition coefficient (Wildman–Crippen LogP) is 24.1. The Balaban J connectivity index is 0.000000129. The monoisotopic (exact) mass is 1690 g/mol. The van der Waals surface area contributed by atoms with Crippen LogP contribution in [0.4, 0.5) is 0 Å². The van der Waals surface area contributed by atoms with Gasteiger partial charge in [-0.1, -0.05) is 224 Å². The van der Waals surface area contributed by atoms with Crippen molar-refractivity contribution >= 4 is 110 Å². The van der Waals surface area contributed by atoms with Crippen LogP contribution in [-0.4, -0.2) is 89.9 Å². The Morgan fingerprint density at radius 3 is 1.13 bits per heavy atom. The van der Waals surface area contributed by atoms with E-state index in [4.69, 9.17) is 15.9 Å². The van der Waals surface area contributed by atoms with Gasteiger partial charge in [0.1, 0.15) is 22.3 Å². The van der Waals surface area contributed by atoms with E-state index in [1.807, 2.05) is 130 Å².